The monoisotopic (exact) mass is 292 g/mol. The lowest BCUT2D eigenvalue weighted by molar-refractivity contribution is -0.123. The molecule has 1 heterocycles. The summed E-state index contributed by atoms with van der Waals surface area (Å²) in [6, 6.07) is 5.04. The number of nitrogens with two attached hydrogens (primary N) is 1. The molecule has 1 amide bonds. The number of rotatable bonds is 6. The van der Waals surface area contributed by atoms with Crippen molar-refractivity contribution < 1.29 is 14.3 Å². The maximum absolute atomic E-state index is 12.2. The number of hydrogen-bond acceptors (Lipinski definition) is 5. The van der Waals surface area contributed by atoms with Crippen molar-refractivity contribution in [3.8, 4) is 5.75 Å². The quantitative estimate of drug-likeness (QED) is 0.773. The number of imidazole rings is 1. The van der Waals surface area contributed by atoms with Crippen LogP contribution < -0.4 is 15.8 Å². The third-order valence-corrected chi connectivity index (χ3v) is 3.30. The average molecular weight is 292 g/mol. The van der Waals surface area contributed by atoms with Gasteiger partial charge in [-0.3, -0.25) is 9.36 Å². The third kappa shape index (κ3) is 2.92. The molecule has 3 N–H and O–H groups in total. The second kappa shape index (κ2) is 6.45. The van der Waals surface area contributed by atoms with Crippen LogP contribution in [0.15, 0.2) is 18.2 Å². The summed E-state index contributed by atoms with van der Waals surface area (Å²) in [5.74, 6) is 0.773. The number of carbonyl (C=O) groups is 1. The van der Waals surface area contributed by atoms with Gasteiger partial charge in [0, 0.05) is 13.7 Å². The largest absolute Gasteiger partial charge is 0.494 e. The van der Waals surface area contributed by atoms with Crippen molar-refractivity contribution >= 4 is 22.9 Å². The SMILES string of the molecule is COCCNC(=O)C(C)n1c(N)nc2c(OC)cccc21. The molecule has 0 fully saturated rings. The minimum Gasteiger partial charge on any atom is -0.494 e. The first kappa shape index (κ1) is 15.1. The van der Waals surface area contributed by atoms with E-state index in [0.717, 1.165) is 5.52 Å². The van der Waals surface area contributed by atoms with E-state index in [0.29, 0.717) is 24.4 Å². The topological polar surface area (TPSA) is 91.4 Å². The highest BCUT2D eigenvalue weighted by molar-refractivity contribution is 5.88. The van der Waals surface area contributed by atoms with Crippen molar-refractivity contribution in [3.05, 3.63) is 18.2 Å². The predicted octanol–water partition coefficient (Wildman–Crippen LogP) is 0.951. The standard InChI is InChI=1S/C14H20N4O3/c1-9(13(19)16-7-8-20-2)18-10-5-4-6-11(21-3)12(10)17-14(18)15/h4-6,9H,7-8H2,1-3H3,(H2,15,17)(H,16,19). The van der Waals surface area contributed by atoms with Gasteiger partial charge in [-0.1, -0.05) is 6.07 Å². The molecule has 114 valence electrons. The Morgan fingerprint density at radius 3 is 2.90 bits per heavy atom. The van der Waals surface area contributed by atoms with Gasteiger partial charge in [0.25, 0.3) is 0 Å². The van der Waals surface area contributed by atoms with Crippen molar-refractivity contribution in [3.63, 3.8) is 0 Å². The first-order valence-corrected chi connectivity index (χ1v) is 6.67. The molecule has 1 atom stereocenters. The fourth-order valence-electron chi connectivity index (χ4n) is 2.22. The highest BCUT2D eigenvalue weighted by Crippen LogP contribution is 2.29. The Balaban J connectivity index is 2.33. The molecule has 2 aromatic rings. The van der Waals surface area contributed by atoms with Crippen LogP contribution in [0.1, 0.15) is 13.0 Å². The Morgan fingerprint density at radius 1 is 1.48 bits per heavy atom. The van der Waals surface area contributed by atoms with Crippen molar-refractivity contribution in [2.75, 3.05) is 33.1 Å². The summed E-state index contributed by atoms with van der Waals surface area (Å²) in [5, 5.41) is 2.79. The Morgan fingerprint density at radius 2 is 2.24 bits per heavy atom. The summed E-state index contributed by atoms with van der Waals surface area (Å²) < 4.78 is 11.9. The summed E-state index contributed by atoms with van der Waals surface area (Å²) in [6.45, 7) is 2.70. The number of fused-ring (bicyclic) bond motifs is 1. The molecule has 0 spiro atoms. The number of ether oxygens (including phenoxy) is 2. The maximum atomic E-state index is 12.2. The Labute approximate surface area is 123 Å². The van der Waals surface area contributed by atoms with E-state index in [1.54, 1.807) is 25.7 Å². The molecule has 2 rings (SSSR count). The second-order valence-electron chi connectivity index (χ2n) is 4.63. The fraction of sp³-hybridized carbons (Fsp3) is 0.429. The predicted molar refractivity (Wildman–Crippen MR) is 80.3 cm³/mol. The molecule has 0 aliphatic rings. The van der Waals surface area contributed by atoms with Crippen LogP contribution >= 0.6 is 0 Å². The number of hydrogen-bond donors (Lipinski definition) is 2. The number of methoxy groups -OCH3 is 2. The zero-order chi connectivity index (χ0) is 15.4. The average Bonchev–Trinajstić information content (AvgIpc) is 2.82. The third-order valence-electron chi connectivity index (χ3n) is 3.30. The molecule has 1 unspecified atom stereocenters. The fourth-order valence-corrected chi connectivity index (χ4v) is 2.22. The van der Waals surface area contributed by atoms with Gasteiger partial charge in [0.1, 0.15) is 17.3 Å². The number of carbonyl (C=O) groups excluding carboxylic acids is 1. The molecule has 1 aromatic heterocycles. The van der Waals surface area contributed by atoms with E-state index in [4.69, 9.17) is 15.2 Å². The van der Waals surface area contributed by atoms with Crippen LogP contribution in [0, 0.1) is 0 Å². The van der Waals surface area contributed by atoms with Gasteiger partial charge in [0.15, 0.2) is 0 Å². The lowest BCUT2D eigenvalue weighted by Crippen LogP contribution is -2.33. The number of benzene rings is 1. The Kier molecular flexibility index (Phi) is 4.64. The summed E-state index contributed by atoms with van der Waals surface area (Å²) in [5.41, 5.74) is 7.37. The van der Waals surface area contributed by atoms with Crippen molar-refractivity contribution in [2.24, 2.45) is 0 Å². The minimum absolute atomic E-state index is 0.138. The second-order valence-corrected chi connectivity index (χ2v) is 4.63. The number of nitrogen functional groups attached to an aromatic ring is 1. The van der Waals surface area contributed by atoms with Crippen LogP contribution in [0.3, 0.4) is 0 Å². The lowest BCUT2D eigenvalue weighted by atomic mass is 10.2. The van der Waals surface area contributed by atoms with E-state index in [1.165, 1.54) is 0 Å². The lowest BCUT2D eigenvalue weighted by Gasteiger charge is -2.16. The normalized spacial score (nSPS) is 12.3. The minimum atomic E-state index is -0.473. The molecule has 0 radical (unpaired) electrons. The molecule has 0 bridgehead atoms. The van der Waals surface area contributed by atoms with Gasteiger partial charge in [-0.25, -0.2) is 4.98 Å². The number of nitrogens with one attached hydrogen (secondary N) is 1. The Hall–Kier alpha value is -2.28. The first-order chi connectivity index (χ1) is 10.1. The van der Waals surface area contributed by atoms with Crippen LogP contribution in [0.25, 0.3) is 11.0 Å². The molecule has 0 aliphatic carbocycles. The smallest absolute Gasteiger partial charge is 0.242 e. The summed E-state index contributed by atoms with van der Waals surface area (Å²) in [6.07, 6.45) is 0. The van der Waals surface area contributed by atoms with Gasteiger partial charge in [-0.2, -0.15) is 0 Å². The molecule has 0 aliphatic heterocycles. The Bertz CT molecular complexity index is 638. The van der Waals surface area contributed by atoms with Crippen molar-refractivity contribution in [2.45, 2.75) is 13.0 Å². The van der Waals surface area contributed by atoms with Crippen LogP contribution in [0.4, 0.5) is 5.95 Å². The molecule has 7 nitrogen and oxygen atoms in total. The van der Waals surface area contributed by atoms with Crippen molar-refractivity contribution in [1.82, 2.24) is 14.9 Å². The molecule has 1 aromatic carbocycles. The molecular weight excluding hydrogens is 272 g/mol. The van der Waals surface area contributed by atoms with Gasteiger partial charge in [-0.15, -0.1) is 0 Å². The van der Waals surface area contributed by atoms with Gasteiger partial charge < -0.3 is 20.5 Å². The van der Waals surface area contributed by atoms with E-state index in [2.05, 4.69) is 10.3 Å². The van der Waals surface area contributed by atoms with E-state index < -0.39 is 6.04 Å². The summed E-state index contributed by atoms with van der Waals surface area (Å²) in [4.78, 5) is 16.5. The van der Waals surface area contributed by atoms with Gasteiger partial charge in [0.2, 0.25) is 11.9 Å². The van der Waals surface area contributed by atoms with Gasteiger partial charge in [0.05, 0.1) is 19.2 Å². The molecule has 0 saturated carbocycles. The van der Waals surface area contributed by atoms with Gasteiger partial charge in [-0.05, 0) is 19.1 Å². The number of aromatic nitrogens is 2. The van der Waals surface area contributed by atoms with Gasteiger partial charge >= 0.3 is 0 Å². The number of anilines is 1. The number of amides is 1. The van der Waals surface area contributed by atoms with Crippen LogP contribution in [-0.4, -0.2) is 42.8 Å². The van der Waals surface area contributed by atoms with E-state index in [1.807, 2.05) is 18.2 Å². The number of para-hydroxylation sites is 1. The zero-order valence-corrected chi connectivity index (χ0v) is 12.4. The van der Waals surface area contributed by atoms with Crippen LogP contribution in [0.5, 0.6) is 5.75 Å². The van der Waals surface area contributed by atoms with E-state index >= 15 is 0 Å². The molecule has 21 heavy (non-hydrogen) atoms. The maximum Gasteiger partial charge on any atom is 0.242 e. The summed E-state index contributed by atoms with van der Waals surface area (Å²) in [7, 11) is 3.16. The summed E-state index contributed by atoms with van der Waals surface area (Å²) >= 11 is 0. The molecule has 7 heteroatoms. The first-order valence-electron chi connectivity index (χ1n) is 6.67. The van der Waals surface area contributed by atoms with E-state index in [9.17, 15) is 4.79 Å². The molecule has 0 saturated heterocycles. The van der Waals surface area contributed by atoms with Crippen molar-refractivity contribution in [1.29, 1.82) is 0 Å². The number of nitrogens with zero attached hydrogens (tertiary/aromatic N) is 2. The van der Waals surface area contributed by atoms with Crippen LogP contribution in [-0.2, 0) is 9.53 Å². The zero-order valence-electron chi connectivity index (χ0n) is 12.4. The van der Waals surface area contributed by atoms with E-state index in [-0.39, 0.29) is 11.9 Å². The van der Waals surface area contributed by atoms with Crippen LogP contribution in [0.2, 0.25) is 0 Å². The molecular formula is C14H20N4O3. The highest BCUT2D eigenvalue weighted by Gasteiger charge is 2.21. The highest BCUT2D eigenvalue weighted by atomic mass is 16.5.